The topological polar surface area (TPSA) is 71.4 Å². The first-order valence-corrected chi connectivity index (χ1v) is 6.96. The van der Waals surface area contributed by atoms with Crippen molar-refractivity contribution in [3.05, 3.63) is 34.9 Å². The van der Waals surface area contributed by atoms with E-state index in [4.69, 9.17) is 5.11 Å². The molecule has 0 aliphatic rings. The van der Waals surface area contributed by atoms with Crippen LogP contribution in [0.2, 0.25) is 0 Å². The molecule has 5 heteroatoms. The van der Waals surface area contributed by atoms with Gasteiger partial charge in [0.2, 0.25) is 0 Å². The maximum atomic E-state index is 11.8. The van der Waals surface area contributed by atoms with Crippen LogP contribution in [0.4, 0.5) is 0 Å². The van der Waals surface area contributed by atoms with Crippen LogP contribution in [-0.4, -0.2) is 24.7 Å². The molecule has 1 aromatic rings. The molecular weight excluding hydrogens is 240 g/mol. The van der Waals surface area contributed by atoms with Crippen LogP contribution in [0.1, 0.15) is 23.6 Å². The van der Waals surface area contributed by atoms with Gasteiger partial charge in [0.05, 0.1) is 5.75 Å². The lowest BCUT2D eigenvalue weighted by atomic mass is 10.1. The summed E-state index contributed by atoms with van der Waals surface area (Å²) in [7, 11) is -3.64. The molecule has 94 valence electrons. The average Bonchev–Trinajstić information content (AvgIpc) is 2.22. The number of sulfone groups is 1. The Morgan fingerprint density at radius 2 is 1.88 bits per heavy atom. The summed E-state index contributed by atoms with van der Waals surface area (Å²) < 4.78 is 23.5. The first-order valence-electron chi connectivity index (χ1n) is 5.24. The predicted octanol–water partition coefficient (Wildman–Crippen LogP) is 1.69. The first-order chi connectivity index (χ1) is 7.74. The minimum absolute atomic E-state index is 0.235. The highest BCUT2D eigenvalue weighted by molar-refractivity contribution is 7.91. The van der Waals surface area contributed by atoms with E-state index in [9.17, 15) is 13.2 Å². The molecule has 0 bridgehead atoms. The lowest BCUT2D eigenvalue weighted by Gasteiger charge is -2.09. The van der Waals surface area contributed by atoms with Crippen molar-refractivity contribution < 1.29 is 18.3 Å². The highest BCUT2D eigenvalue weighted by Gasteiger charge is 2.27. The lowest BCUT2D eigenvalue weighted by Crippen LogP contribution is -2.28. The molecule has 0 radical (unpaired) electrons. The van der Waals surface area contributed by atoms with E-state index in [1.165, 1.54) is 6.92 Å². The molecule has 1 rings (SSSR count). The largest absolute Gasteiger partial charge is 0.480 e. The van der Waals surface area contributed by atoms with Gasteiger partial charge in [-0.1, -0.05) is 18.2 Å². The van der Waals surface area contributed by atoms with Crippen molar-refractivity contribution >= 4 is 15.8 Å². The van der Waals surface area contributed by atoms with Gasteiger partial charge in [0.15, 0.2) is 15.1 Å². The third-order valence-corrected chi connectivity index (χ3v) is 4.84. The molecule has 1 unspecified atom stereocenters. The highest BCUT2D eigenvalue weighted by Crippen LogP contribution is 2.15. The van der Waals surface area contributed by atoms with E-state index in [0.717, 1.165) is 11.1 Å². The number of carbonyl (C=O) groups is 1. The van der Waals surface area contributed by atoms with Crippen molar-refractivity contribution in [2.24, 2.45) is 0 Å². The van der Waals surface area contributed by atoms with E-state index in [1.807, 2.05) is 19.9 Å². The highest BCUT2D eigenvalue weighted by atomic mass is 32.2. The number of rotatable bonds is 4. The Kier molecular flexibility index (Phi) is 3.93. The zero-order chi connectivity index (χ0) is 13.2. The van der Waals surface area contributed by atoms with Crippen LogP contribution in [0.15, 0.2) is 18.2 Å². The van der Waals surface area contributed by atoms with Crippen LogP contribution in [-0.2, 0) is 20.4 Å². The lowest BCUT2D eigenvalue weighted by molar-refractivity contribution is -0.136. The van der Waals surface area contributed by atoms with Crippen molar-refractivity contribution in [3.63, 3.8) is 0 Å². The van der Waals surface area contributed by atoms with E-state index in [2.05, 4.69) is 0 Å². The monoisotopic (exact) mass is 256 g/mol. The van der Waals surface area contributed by atoms with Crippen molar-refractivity contribution in [2.75, 3.05) is 0 Å². The zero-order valence-corrected chi connectivity index (χ0v) is 10.9. The Hall–Kier alpha value is -1.36. The summed E-state index contributed by atoms with van der Waals surface area (Å²) in [6.45, 7) is 5.03. The Morgan fingerprint density at radius 3 is 2.35 bits per heavy atom. The van der Waals surface area contributed by atoms with Crippen molar-refractivity contribution in [3.8, 4) is 0 Å². The molecular formula is C12H16O4S. The smallest absolute Gasteiger partial charge is 0.321 e. The molecule has 0 spiro atoms. The Balaban J connectivity index is 2.98. The standard InChI is InChI=1S/C12H16O4S/c1-8-4-5-11(6-9(8)2)7-17(15,16)10(3)12(13)14/h4-6,10H,7H2,1-3H3,(H,13,14). The first kappa shape index (κ1) is 13.7. The van der Waals surface area contributed by atoms with Crippen molar-refractivity contribution in [2.45, 2.75) is 31.8 Å². The van der Waals surface area contributed by atoms with Crippen molar-refractivity contribution in [1.82, 2.24) is 0 Å². The number of carboxylic acids is 1. The number of aliphatic carboxylic acids is 1. The number of hydrogen-bond donors (Lipinski definition) is 1. The third kappa shape index (κ3) is 3.30. The summed E-state index contributed by atoms with van der Waals surface area (Å²) in [6, 6.07) is 5.33. The molecule has 4 nitrogen and oxygen atoms in total. The predicted molar refractivity (Wildman–Crippen MR) is 65.6 cm³/mol. The van der Waals surface area contributed by atoms with E-state index >= 15 is 0 Å². The molecule has 0 aliphatic heterocycles. The Morgan fingerprint density at radius 1 is 1.29 bits per heavy atom. The van der Waals surface area contributed by atoms with Crippen molar-refractivity contribution in [1.29, 1.82) is 0 Å². The molecule has 1 N–H and O–H groups in total. The fourth-order valence-corrected chi connectivity index (χ4v) is 2.61. The summed E-state index contributed by atoms with van der Waals surface area (Å²) in [4.78, 5) is 10.7. The summed E-state index contributed by atoms with van der Waals surface area (Å²) in [5.74, 6) is -1.55. The molecule has 0 saturated heterocycles. The van der Waals surface area contributed by atoms with Gasteiger partial charge in [-0.25, -0.2) is 8.42 Å². The van der Waals surface area contributed by atoms with Crippen LogP contribution >= 0.6 is 0 Å². The van der Waals surface area contributed by atoms with Gasteiger partial charge in [-0.3, -0.25) is 4.79 Å². The van der Waals surface area contributed by atoms with Crippen LogP contribution in [0, 0.1) is 13.8 Å². The normalized spacial score (nSPS) is 13.4. The molecule has 0 amide bonds. The SMILES string of the molecule is Cc1ccc(CS(=O)(=O)C(C)C(=O)O)cc1C. The number of aryl methyl sites for hydroxylation is 2. The summed E-state index contributed by atoms with van der Waals surface area (Å²) in [6.07, 6.45) is 0. The Bertz CT molecular complexity index is 531. The van der Waals surface area contributed by atoms with Crippen LogP contribution < -0.4 is 0 Å². The second-order valence-electron chi connectivity index (χ2n) is 4.21. The van der Waals surface area contributed by atoms with Gasteiger partial charge in [0, 0.05) is 0 Å². The van der Waals surface area contributed by atoms with Gasteiger partial charge in [-0.2, -0.15) is 0 Å². The third-order valence-electron chi connectivity index (χ3n) is 2.83. The number of benzene rings is 1. The van der Waals surface area contributed by atoms with Crippen LogP contribution in [0.5, 0.6) is 0 Å². The summed E-state index contributed by atoms with van der Waals surface area (Å²) in [5.41, 5.74) is 2.71. The van der Waals surface area contributed by atoms with E-state index < -0.39 is 21.1 Å². The van der Waals surface area contributed by atoms with Gasteiger partial charge in [-0.15, -0.1) is 0 Å². The summed E-state index contributed by atoms with van der Waals surface area (Å²) in [5, 5.41) is 7.34. The fraction of sp³-hybridized carbons (Fsp3) is 0.417. The second kappa shape index (κ2) is 4.87. The molecule has 1 aromatic carbocycles. The maximum Gasteiger partial charge on any atom is 0.321 e. The van der Waals surface area contributed by atoms with Crippen LogP contribution in [0.3, 0.4) is 0 Å². The minimum atomic E-state index is -3.64. The number of carboxylic acid groups (broad SMARTS) is 1. The van der Waals surface area contributed by atoms with Gasteiger partial charge < -0.3 is 5.11 Å². The fourth-order valence-electron chi connectivity index (χ4n) is 1.40. The van der Waals surface area contributed by atoms with Gasteiger partial charge in [0.1, 0.15) is 0 Å². The molecule has 0 saturated carbocycles. The van der Waals surface area contributed by atoms with E-state index in [1.54, 1.807) is 12.1 Å². The molecule has 0 heterocycles. The molecule has 0 aliphatic carbocycles. The second-order valence-corrected chi connectivity index (χ2v) is 6.53. The quantitative estimate of drug-likeness (QED) is 0.889. The van der Waals surface area contributed by atoms with Gasteiger partial charge >= 0.3 is 5.97 Å². The zero-order valence-electron chi connectivity index (χ0n) is 10.1. The van der Waals surface area contributed by atoms with Crippen LogP contribution in [0.25, 0.3) is 0 Å². The average molecular weight is 256 g/mol. The minimum Gasteiger partial charge on any atom is -0.480 e. The molecule has 17 heavy (non-hydrogen) atoms. The van der Waals surface area contributed by atoms with Gasteiger partial charge in [0.25, 0.3) is 0 Å². The van der Waals surface area contributed by atoms with Gasteiger partial charge in [-0.05, 0) is 37.5 Å². The Labute approximate surface area is 101 Å². The molecule has 0 aromatic heterocycles. The molecule has 1 atom stereocenters. The number of hydrogen-bond acceptors (Lipinski definition) is 3. The van der Waals surface area contributed by atoms with E-state index in [0.29, 0.717) is 5.56 Å². The maximum absolute atomic E-state index is 11.8. The van der Waals surface area contributed by atoms with E-state index in [-0.39, 0.29) is 5.75 Å². The molecule has 0 fully saturated rings. The summed E-state index contributed by atoms with van der Waals surface area (Å²) >= 11 is 0.